The maximum Gasteiger partial charge on any atom is 0.108 e. The predicted octanol–water partition coefficient (Wildman–Crippen LogP) is 2.14. The van der Waals surface area contributed by atoms with Gasteiger partial charge in [0.05, 0.1) is 0 Å². The number of pyridine rings is 1. The van der Waals surface area contributed by atoms with Crippen molar-refractivity contribution in [1.29, 1.82) is 0 Å². The number of hydrogen-bond acceptors (Lipinski definition) is 4. The topological polar surface area (TPSA) is 45.1 Å². The zero-order valence-electron chi connectivity index (χ0n) is 9.76. The molecule has 17 heavy (non-hydrogen) atoms. The van der Waals surface area contributed by atoms with E-state index in [9.17, 15) is 5.11 Å². The molecule has 0 amide bonds. The number of nitrogens with one attached hydrogen (secondary N) is 1. The number of thiophene rings is 1. The number of aliphatic hydroxyl groups is 1. The van der Waals surface area contributed by atoms with Crippen molar-refractivity contribution in [1.82, 2.24) is 10.3 Å². The molecule has 0 spiro atoms. The van der Waals surface area contributed by atoms with E-state index in [2.05, 4.69) is 10.3 Å². The Labute approximate surface area is 105 Å². The van der Waals surface area contributed by atoms with Crippen LogP contribution in [0.3, 0.4) is 0 Å². The molecule has 0 bridgehead atoms. The number of rotatable bonds is 5. The average Bonchev–Trinajstić information content (AvgIpc) is 2.84. The maximum absolute atomic E-state index is 10.3. The second-order valence-electron chi connectivity index (χ2n) is 4.22. The van der Waals surface area contributed by atoms with E-state index in [0.717, 1.165) is 17.0 Å². The summed E-state index contributed by atoms with van der Waals surface area (Å²) in [6.45, 7) is 3.08. The monoisotopic (exact) mass is 248 g/mol. The van der Waals surface area contributed by atoms with Crippen LogP contribution >= 0.6 is 11.3 Å². The Balaban J connectivity index is 1.86. The number of hydrogen-bond donors (Lipinski definition) is 2. The first-order valence-corrected chi connectivity index (χ1v) is 6.42. The van der Waals surface area contributed by atoms with E-state index < -0.39 is 5.60 Å². The van der Waals surface area contributed by atoms with E-state index in [4.69, 9.17) is 0 Å². The Morgan fingerprint density at radius 3 is 2.94 bits per heavy atom. The summed E-state index contributed by atoms with van der Waals surface area (Å²) in [5.74, 6) is 0. The van der Waals surface area contributed by atoms with E-state index in [1.807, 2.05) is 42.8 Å². The first kappa shape index (κ1) is 12.2. The lowest BCUT2D eigenvalue weighted by Crippen LogP contribution is -2.34. The van der Waals surface area contributed by atoms with E-state index >= 15 is 0 Å². The van der Waals surface area contributed by atoms with Crippen LogP contribution < -0.4 is 5.32 Å². The van der Waals surface area contributed by atoms with Crippen molar-refractivity contribution >= 4 is 11.3 Å². The second-order valence-corrected chi connectivity index (χ2v) is 5.16. The average molecular weight is 248 g/mol. The van der Waals surface area contributed by atoms with Gasteiger partial charge in [-0.25, -0.2) is 0 Å². The van der Waals surface area contributed by atoms with E-state index in [-0.39, 0.29) is 0 Å². The van der Waals surface area contributed by atoms with Gasteiger partial charge >= 0.3 is 0 Å². The molecule has 2 aromatic heterocycles. The van der Waals surface area contributed by atoms with Gasteiger partial charge in [0.25, 0.3) is 0 Å². The summed E-state index contributed by atoms with van der Waals surface area (Å²) < 4.78 is 0. The highest BCUT2D eigenvalue weighted by Crippen LogP contribution is 2.24. The van der Waals surface area contributed by atoms with Gasteiger partial charge in [-0.05, 0) is 30.0 Å². The summed E-state index contributed by atoms with van der Waals surface area (Å²) in [7, 11) is 0. The molecule has 2 N–H and O–H groups in total. The summed E-state index contributed by atoms with van der Waals surface area (Å²) in [4.78, 5) is 5.03. The van der Waals surface area contributed by atoms with Crippen LogP contribution in [0.25, 0.3) is 0 Å². The minimum atomic E-state index is -0.809. The highest BCUT2D eigenvalue weighted by molar-refractivity contribution is 7.10. The largest absolute Gasteiger partial charge is 0.383 e. The molecule has 0 aliphatic rings. The fourth-order valence-corrected chi connectivity index (χ4v) is 2.41. The van der Waals surface area contributed by atoms with Gasteiger partial charge in [-0.15, -0.1) is 11.3 Å². The van der Waals surface area contributed by atoms with Crippen LogP contribution in [0.1, 0.15) is 17.4 Å². The van der Waals surface area contributed by atoms with Crippen LogP contribution in [0, 0.1) is 0 Å². The maximum atomic E-state index is 10.3. The van der Waals surface area contributed by atoms with Gasteiger partial charge in [0.2, 0.25) is 0 Å². The summed E-state index contributed by atoms with van der Waals surface area (Å²) in [5, 5.41) is 15.5. The van der Waals surface area contributed by atoms with Gasteiger partial charge < -0.3 is 10.4 Å². The molecule has 0 saturated carbocycles. The lowest BCUT2D eigenvalue weighted by Gasteiger charge is -2.22. The van der Waals surface area contributed by atoms with Crippen molar-refractivity contribution in [3.05, 3.63) is 52.5 Å². The zero-order chi connectivity index (χ0) is 12.1. The molecule has 0 aromatic carbocycles. The predicted molar refractivity (Wildman–Crippen MR) is 69.8 cm³/mol. The highest BCUT2D eigenvalue weighted by atomic mass is 32.1. The first-order chi connectivity index (χ1) is 8.18. The molecule has 0 aliphatic heterocycles. The quantitative estimate of drug-likeness (QED) is 0.852. The van der Waals surface area contributed by atoms with Gasteiger partial charge in [-0.3, -0.25) is 4.98 Å². The molecule has 90 valence electrons. The normalized spacial score (nSPS) is 14.5. The third-order valence-corrected chi connectivity index (χ3v) is 3.70. The first-order valence-electron chi connectivity index (χ1n) is 5.54. The molecule has 1 atom stereocenters. The van der Waals surface area contributed by atoms with E-state index in [1.165, 1.54) is 0 Å². The molecule has 1 unspecified atom stereocenters. The van der Waals surface area contributed by atoms with Crippen molar-refractivity contribution in [3.63, 3.8) is 0 Å². The van der Waals surface area contributed by atoms with E-state index in [0.29, 0.717) is 6.54 Å². The summed E-state index contributed by atoms with van der Waals surface area (Å²) in [6, 6.07) is 7.83. The smallest absolute Gasteiger partial charge is 0.108 e. The number of aromatic nitrogens is 1. The Hall–Kier alpha value is -1.23. The van der Waals surface area contributed by atoms with Crippen LogP contribution in [-0.2, 0) is 12.1 Å². The van der Waals surface area contributed by atoms with Crippen molar-refractivity contribution in [2.75, 3.05) is 6.54 Å². The van der Waals surface area contributed by atoms with Crippen molar-refractivity contribution in [3.8, 4) is 0 Å². The molecule has 2 aromatic rings. The fraction of sp³-hybridized carbons (Fsp3) is 0.308. The fourth-order valence-electron chi connectivity index (χ4n) is 1.63. The molecule has 2 rings (SSSR count). The van der Waals surface area contributed by atoms with Crippen molar-refractivity contribution in [2.24, 2.45) is 0 Å². The van der Waals surface area contributed by atoms with Crippen LogP contribution in [-0.4, -0.2) is 16.6 Å². The highest BCUT2D eigenvalue weighted by Gasteiger charge is 2.23. The summed E-state index contributed by atoms with van der Waals surface area (Å²) in [6.07, 6.45) is 3.58. The molecule has 0 saturated heterocycles. The zero-order valence-corrected chi connectivity index (χ0v) is 10.6. The molecular weight excluding hydrogens is 232 g/mol. The lowest BCUT2D eigenvalue weighted by atomic mass is 10.1. The van der Waals surface area contributed by atoms with Crippen LogP contribution in [0.4, 0.5) is 0 Å². The van der Waals surface area contributed by atoms with Gasteiger partial charge in [-0.1, -0.05) is 12.1 Å². The Kier molecular flexibility index (Phi) is 3.89. The van der Waals surface area contributed by atoms with Gasteiger partial charge in [0.1, 0.15) is 5.60 Å². The van der Waals surface area contributed by atoms with Crippen molar-refractivity contribution < 1.29 is 5.11 Å². The molecule has 3 nitrogen and oxygen atoms in total. The molecule has 0 radical (unpaired) electrons. The Morgan fingerprint density at radius 1 is 1.41 bits per heavy atom. The minimum Gasteiger partial charge on any atom is -0.383 e. The lowest BCUT2D eigenvalue weighted by molar-refractivity contribution is 0.0604. The van der Waals surface area contributed by atoms with Crippen LogP contribution in [0.5, 0.6) is 0 Å². The third-order valence-electron chi connectivity index (χ3n) is 2.57. The standard InChI is InChI=1S/C13H16N2OS/c1-13(16,12-5-3-7-17-12)10-15-9-11-4-2-6-14-8-11/h2-8,15-16H,9-10H2,1H3. The SMILES string of the molecule is CC(O)(CNCc1cccnc1)c1cccs1. The molecular formula is C13H16N2OS. The molecule has 4 heteroatoms. The van der Waals surface area contributed by atoms with Gasteiger partial charge in [0, 0.05) is 30.4 Å². The Bertz CT molecular complexity index is 440. The van der Waals surface area contributed by atoms with Gasteiger partial charge in [-0.2, -0.15) is 0 Å². The Morgan fingerprint density at radius 2 is 2.29 bits per heavy atom. The van der Waals surface area contributed by atoms with Crippen LogP contribution in [0.2, 0.25) is 0 Å². The van der Waals surface area contributed by atoms with Crippen LogP contribution in [0.15, 0.2) is 42.0 Å². The van der Waals surface area contributed by atoms with Crippen molar-refractivity contribution in [2.45, 2.75) is 19.1 Å². The van der Waals surface area contributed by atoms with E-state index in [1.54, 1.807) is 17.5 Å². The summed E-state index contributed by atoms with van der Waals surface area (Å²) in [5.41, 5.74) is 0.311. The minimum absolute atomic E-state index is 0.530. The molecule has 0 aliphatic carbocycles. The summed E-state index contributed by atoms with van der Waals surface area (Å²) >= 11 is 1.57. The molecule has 2 heterocycles. The number of nitrogens with zero attached hydrogens (tertiary/aromatic N) is 1. The van der Waals surface area contributed by atoms with Gasteiger partial charge in [0.15, 0.2) is 0 Å². The third kappa shape index (κ3) is 3.36. The molecule has 0 fully saturated rings. The second kappa shape index (κ2) is 5.40.